The molecule has 1 aromatic carbocycles. The van der Waals surface area contributed by atoms with Gasteiger partial charge >= 0.3 is 0 Å². The molecule has 1 saturated heterocycles. The van der Waals surface area contributed by atoms with Crippen LogP contribution in [-0.2, 0) is 11.3 Å². The van der Waals surface area contributed by atoms with E-state index in [1.807, 2.05) is 22.5 Å². The van der Waals surface area contributed by atoms with Crippen LogP contribution in [0, 0.1) is 12.7 Å². The smallest absolute Gasteiger partial charge is 0.242 e. The summed E-state index contributed by atoms with van der Waals surface area (Å²) in [5, 5.41) is 0. The molecule has 1 saturated carbocycles. The molecule has 1 amide bonds. The molecule has 0 atom stereocenters. The van der Waals surface area contributed by atoms with Crippen molar-refractivity contribution < 1.29 is 18.9 Å². The molecule has 6 heteroatoms. The van der Waals surface area contributed by atoms with E-state index in [4.69, 9.17) is 0 Å². The first-order chi connectivity index (χ1) is 14.9. The van der Waals surface area contributed by atoms with Crippen LogP contribution in [-0.4, -0.2) is 53.4 Å². The van der Waals surface area contributed by atoms with E-state index < -0.39 is 0 Å². The Morgan fingerprint density at radius 1 is 1.06 bits per heavy atom. The Morgan fingerprint density at radius 2 is 1.71 bits per heavy atom. The van der Waals surface area contributed by atoms with Crippen molar-refractivity contribution in [2.75, 3.05) is 26.2 Å². The van der Waals surface area contributed by atoms with E-state index in [1.165, 1.54) is 51.2 Å². The van der Waals surface area contributed by atoms with Crippen LogP contribution in [0.2, 0.25) is 0 Å². The minimum absolute atomic E-state index is 0.0308. The first-order valence-corrected chi connectivity index (χ1v) is 11.5. The van der Waals surface area contributed by atoms with Gasteiger partial charge in [0.15, 0.2) is 5.78 Å². The lowest BCUT2D eigenvalue weighted by molar-refractivity contribution is -0.930. The second-order valence-corrected chi connectivity index (χ2v) is 9.05. The van der Waals surface area contributed by atoms with E-state index >= 15 is 0 Å². The fourth-order valence-corrected chi connectivity index (χ4v) is 5.26. The summed E-state index contributed by atoms with van der Waals surface area (Å²) in [5.74, 6) is -0.253. The Balaban J connectivity index is 1.49. The van der Waals surface area contributed by atoms with E-state index in [2.05, 4.69) is 0 Å². The van der Waals surface area contributed by atoms with Crippen LogP contribution in [0.1, 0.15) is 55.1 Å². The number of piperazine rings is 1. The van der Waals surface area contributed by atoms with Gasteiger partial charge in [-0.25, -0.2) is 4.39 Å². The molecule has 1 aromatic heterocycles. The molecule has 31 heavy (non-hydrogen) atoms. The minimum Gasteiger partial charge on any atom is -0.335 e. The summed E-state index contributed by atoms with van der Waals surface area (Å²) in [7, 11) is 0. The first kappa shape index (κ1) is 21.8. The molecule has 2 heterocycles. The topological polar surface area (TPSA) is 46.8 Å². The number of carbonyl (C=O) groups excluding carboxylic acids is 2. The summed E-state index contributed by atoms with van der Waals surface area (Å²) in [5.41, 5.74) is 2.98. The molecule has 2 aliphatic rings. The highest BCUT2D eigenvalue weighted by atomic mass is 19.1. The molecule has 5 nitrogen and oxygen atoms in total. The maximum atomic E-state index is 13.4. The Bertz CT molecular complexity index is 936. The zero-order valence-corrected chi connectivity index (χ0v) is 18.6. The first-order valence-electron chi connectivity index (χ1n) is 11.5. The van der Waals surface area contributed by atoms with Crippen molar-refractivity contribution in [3.8, 4) is 11.3 Å². The number of carbonyl (C=O) groups is 2. The molecule has 1 N–H and O–H groups in total. The Hall–Kier alpha value is -2.47. The highest BCUT2D eigenvalue weighted by Gasteiger charge is 2.30. The average Bonchev–Trinajstić information content (AvgIpc) is 3.11. The fourth-order valence-electron chi connectivity index (χ4n) is 5.26. The molecule has 0 radical (unpaired) electrons. The largest absolute Gasteiger partial charge is 0.335 e. The van der Waals surface area contributed by atoms with Crippen LogP contribution in [0.5, 0.6) is 0 Å². The molecule has 2 aromatic rings. The van der Waals surface area contributed by atoms with Crippen LogP contribution in [0.25, 0.3) is 11.3 Å². The highest BCUT2D eigenvalue weighted by Crippen LogP contribution is 2.27. The minimum atomic E-state index is -0.306. The Kier molecular flexibility index (Phi) is 6.56. The number of ketones is 1. The predicted octanol–water partition coefficient (Wildman–Crippen LogP) is 2.87. The van der Waals surface area contributed by atoms with Gasteiger partial charge in [0.2, 0.25) is 5.91 Å². The molecule has 4 rings (SSSR count). The lowest BCUT2D eigenvalue weighted by Gasteiger charge is -2.38. The lowest BCUT2D eigenvalue weighted by Crippen LogP contribution is -3.18. The number of halogens is 1. The number of nitrogens with zero attached hydrogens (tertiary/aromatic N) is 2. The summed E-state index contributed by atoms with van der Waals surface area (Å²) in [6.45, 7) is 7.23. The molecule has 0 bridgehead atoms. The van der Waals surface area contributed by atoms with Crippen LogP contribution >= 0.6 is 0 Å². The van der Waals surface area contributed by atoms with E-state index in [9.17, 15) is 14.0 Å². The summed E-state index contributed by atoms with van der Waals surface area (Å²) < 4.78 is 15.3. The van der Waals surface area contributed by atoms with Crippen LogP contribution in [0.4, 0.5) is 4.39 Å². The molecular formula is C25H33FN3O2+. The molecule has 0 spiro atoms. The maximum Gasteiger partial charge on any atom is 0.242 e. The van der Waals surface area contributed by atoms with Gasteiger partial charge in [0.1, 0.15) is 12.4 Å². The van der Waals surface area contributed by atoms with Crippen LogP contribution < -0.4 is 4.90 Å². The highest BCUT2D eigenvalue weighted by molar-refractivity contribution is 5.97. The number of amides is 1. The van der Waals surface area contributed by atoms with Gasteiger partial charge < -0.3 is 14.4 Å². The van der Waals surface area contributed by atoms with Gasteiger partial charge in [0.25, 0.3) is 0 Å². The standard InChI is InChI=1S/C25H32FN3O2/c1-18-23(19(2)30)16-24(20-8-10-21(26)11-9-20)29(18)17-25(31)28-14-12-27(13-15-28)22-6-4-3-5-7-22/h8-11,16,22H,3-7,12-15,17H2,1-2H3/p+1. The summed E-state index contributed by atoms with van der Waals surface area (Å²) in [6.07, 6.45) is 6.69. The molecule has 0 unspecified atom stereocenters. The van der Waals surface area contributed by atoms with Gasteiger partial charge in [-0.15, -0.1) is 0 Å². The van der Waals surface area contributed by atoms with Crippen LogP contribution in [0.15, 0.2) is 30.3 Å². The van der Waals surface area contributed by atoms with Crippen molar-refractivity contribution in [1.29, 1.82) is 0 Å². The lowest BCUT2D eigenvalue weighted by atomic mass is 9.94. The van der Waals surface area contributed by atoms with Crippen molar-refractivity contribution in [3.05, 3.63) is 47.4 Å². The average molecular weight is 427 g/mol. The molecule has 1 aliphatic heterocycles. The molecule has 166 valence electrons. The van der Waals surface area contributed by atoms with Crippen molar-refractivity contribution >= 4 is 11.7 Å². The number of Topliss-reactive ketones (excluding diaryl/α,β-unsaturated/α-hetero) is 1. The van der Waals surface area contributed by atoms with Crippen molar-refractivity contribution in [2.45, 2.75) is 58.5 Å². The number of quaternary nitrogens is 1. The van der Waals surface area contributed by atoms with Crippen molar-refractivity contribution in [3.63, 3.8) is 0 Å². The number of benzene rings is 1. The monoisotopic (exact) mass is 426 g/mol. The summed E-state index contributed by atoms with van der Waals surface area (Å²) in [4.78, 5) is 28.9. The molecular weight excluding hydrogens is 393 g/mol. The summed E-state index contributed by atoms with van der Waals surface area (Å²) in [6, 6.07) is 8.79. The SMILES string of the molecule is CC(=O)c1cc(-c2ccc(F)cc2)n(CC(=O)N2CC[NH+](C3CCCCC3)CC2)c1C. The normalized spacial score (nSPS) is 18.4. The van der Waals surface area contributed by atoms with E-state index in [-0.39, 0.29) is 24.1 Å². The van der Waals surface area contributed by atoms with Gasteiger partial charge in [0, 0.05) is 17.0 Å². The van der Waals surface area contributed by atoms with Gasteiger partial charge in [-0.1, -0.05) is 6.42 Å². The van der Waals surface area contributed by atoms with Gasteiger partial charge in [-0.05, 0) is 75.4 Å². The zero-order valence-electron chi connectivity index (χ0n) is 18.6. The predicted molar refractivity (Wildman–Crippen MR) is 119 cm³/mol. The van der Waals surface area contributed by atoms with Gasteiger partial charge in [-0.3, -0.25) is 9.59 Å². The van der Waals surface area contributed by atoms with Crippen LogP contribution in [0.3, 0.4) is 0 Å². The maximum absolute atomic E-state index is 13.4. The Labute approximate surface area is 183 Å². The van der Waals surface area contributed by atoms with E-state index in [0.717, 1.165) is 49.2 Å². The third kappa shape index (κ3) is 4.74. The molecule has 1 aliphatic carbocycles. The molecule has 2 fully saturated rings. The second-order valence-electron chi connectivity index (χ2n) is 9.05. The third-order valence-corrected chi connectivity index (χ3v) is 7.12. The quantitative estimate of drug-likeness (QED) is 0.748. The third-order valence-electron chi connectivity index (χ3n) is 7.12. The van der Waals surface area contributed by atoms with Gasteiger partial charge in [-0.2, -0.15) is 0 Å². The number of rotatable bonds is 5. The summed E-state index contributed by atoms with van der Waals surface area (Å²) >= 11 is 0. The van der Waals surface area contributed by atoms with Crippen molar-refractivity contribution in [1.82, 2.24) is 9.47 Å². The Morgan fingerprint density at radius 3 is 2.32 bits per heavy atom. The number of hydrogen-bond acceptors (Lipinski definition) is 2. The van der Waals surface area contributed by atoms with E-state index in [1.54, 1.807) is 17.0 Å². The van der Waals surface area contributed by atoms with E-state index in [0.29, 0.717) is 5.56 Å². The number of nitrogens with one attached hydrogen (secondary N) is 1. The number of hydrogen-bond donors (Lipinski definition) is 1. The zero-order chi connectivity index (χ0) is 22.0. The number of aromatic nitrogens is 1. The van der Waals surface area contributed by atoms with Crippen molar-refractivity contribution in [2.24, 2.45) is 0 Å². The second kappa shape index (κ2) is 9.35. The van der Waals surface area contributed by atoms with Gasteiger partial charge in [0.05, 0.1) is 32.2 Å². The fraction of sp³-hybridized carbons (Fsp3) is 0.520.